The summed E-state index contributed by atoms with van der Waals surface area (Å²) in [6.45, 7) is 2.88. The summed E-state index contributed by atoms with van der Waals surface area (Å²) in [6, 6.07) is 5.51. The third kappa shape index (κ3) is 2.33. The number of rotatable bonds is 1. The molecule has 2 heterocycles. The lowest BCUT2D eigenvalue weighted by Gasteiger charge is -2.36. The van der Waals surface area contributed by atoms with Gasteiger partial charge in [0.25, 0.3) is 5.91 Å². The number of benzene rings is 1. The Balaban J connectivity index is 1.86. The first-order chi connectivity index (χ1) is 9.05. The molecule has 19 heavy (non-hydrogen) atoms. The van der Waals surface area contributed by atoms with Crippen LogP contribution in [0.5, 0.6) is 0 Å². The fraction of sp³-hybridized carbons (Fsp3) is 0.429. The number of likely N-dealkylation sites (tertiary alicyclic amines) is 1. The van der Waals surface area contributed by atoms with E-state index in [4.69, 9.17) is 0 Å². The minimum Gasteiger partial charge on any atom is -0.388 e. The average molecular weight is 259 g/mol. The van der Waals surface area contributed by atoms with E-state index in [0.29, 0.717) is 18.7 Å². The van der Waals surface area contributed by atoms with Crippen LogP contribution in [0, 0.1) is 0 Å². The number of fused-ring (bicyclic) bond motifs is 1. The summed E-state index contributed by atoms with van der Waals surface area (Å²) < 4.78 is 0. The molecule has 3 rings (SSSR count). The highest BCUT2D eigenvalue weighted by atomic mass is 16.3. The molecule has 100 valence electrons. The zero-order valence-electron chi connectivity index (χ0n) is 10.9. The van der Waals surface area contributed by atoms with Crippen molar-refractivity contribution in [3.05, 3.63) is 30.0 Å². The minimum atomic E-state index is -0.772. The van der Waals surface area contributed by atoms with Crippen molar-refractivity contribution >= 4 is 16.8 Å². The number of hydrogen-bond donors (Lipinski definition) is 2. The Morgan fingerprint density at radius 1 is 1.53 bits per heavy atom. The van der Waals surface area contributed by atoms with Crippen LogP contribution in [0.15, 0.2) is 24.4 Å². The van der Waals surface area contributed by atoms with Crippen LogP contribution in [0.25, 0.3) is 10.9 Å². The Labute approximate surface area is 111 Å². The van der Waals surface area contributed by atoms with Crippen molar-refractivity contribution in [2.75, 3.05) is 13.1 Å². The number of carbonyl (C=O) groups excluding carboxylic acids is 1. The van der Waals surface area contributed by atoms with Gasteiger partial charge in [0.05, 0.1) is 17.3 Å². The highest BCUT2D eigenvalue weighted by Gasteiger charge is 2.31. The molecule has 0 saturated carbocycles. The van der Waals surface area contributed by atoms with E-state index in [1.807, 2.05) is 18.2 Å². The lowest BCUT2D eigenvalue weighted by molar-refractivity contribution is -0.0107. The molecule has 1 aromatic carbocycles. The first kappa shape index (κ1) is 12.2. The van der Waals surface area contributed by atoms with E-state index >= 15 is 0 Å². The smallest absolute Gasteiger partial charge is 0.254 e. The first-order valence-electron chi connectivity index (χ1n) is 6.50. The summed E-state index contributed by atoms with van der Waals surface area (Å²) in [6.07, 6.45) is 3.32. The van der Waals surface area contributed by atoms with E-state index in [2.05, 4.69) is 10.2 Å². The van der Waals surface area contributed by atoms with Gasteiger partial charge in [-0.2, -0.15) is 5.10 Å². The van der Waals surface area contributed by atoms with E-state index in [9.17, 15) is 9.90 Å². The summed E-state index contributed by atoms with van der Waals surface area (Å²) in [7, 11) is 0. The second-order valence-corrected chi connectivity index (χ2v) is 5.50. The van der Waals surface area contributed by atoms with E-state index in [1.54, 1.807) is 18.0 Å². The van der Waals surface area contributed by atoms with Gasteiger partial charge in [0.1, 0.15) is 0 Å². The number of carbonyl (C=O) groups is 1. The Hall–Kier alpha value is -1.88. The number of H-pyrrole nitrogens is 1. The number of piperidine rings is 1. The predicted molar refractivity (Wildman–Crippen MR) is 71.9 cm³/mol. The third-order valence-corrected chi connectivity index (χ3v) is 3.65. The van der Waals surface area contributed by atoms with Crippen molar-refractivity contribution in [3.63, 3.8) is 0 Å². The van der Waals surface area contributed by atoms with Crippen LogP contribution >= 0.6 is 0 Å². The molecule has 1 unspecified atom stereocenters. The summed E-state index contributed by atoms with van der Waals surface area (Å²) in [5.74, 6) is -0.0310. The molecule has 5 heteroatoms. The lowest BCUT2D eigenvalue weighted by Crippen LogP contribution is -2.48. The van der Waals surface area contributed by atoms with Crippen molar-refractivity contribution in [3.8, 4) is 0 Å². The van der Waals surface area contributed by atoms with Crippen molar-refractivity contribution in [2.45, 2.75) is 25.4 Å². The van der Waals surface area contributed by atoms with Crippen LogP contribution in [0.1, 0.15) is 30.1 Å². The highest BCUT2D eigenvalue weighted by Crippen LogP contribution is 2.22. The Bertz CT molecular complexity index is 618. The van der Waals surface area contributed by atoms with Gasteiger partial charge in [0.2, 0.25) is 0 Å². The summed E-state index contributed by atoms with van der Waals surface area (Å²) in [5.41, 5.74) is 0.718. The second-order valence-electron chi connectivity index (χ2n) is 5.50. The van der Waals surface area contributed by atoms with Gasteiger partial charge in [-0.25, -0.2) is 0 Å². The lowest BCUT2D eigenvalue weighted by atomic mass is 9.94. The molecule has 0 spiro atoms. The molecule has 1 amide bonds. The zero-order valence-corrected chi connectivity index (χ0v) is 10.9. The average Bonchev–Trinajstić information content (AvgIpc) is 2.83. The van der Waals surface area contributed by atoms with Gasteiger partial charge in [-0.3, -0.25) is 9.89 Å². The maximum absolute atomic E-state index is 12.4. The normalized spacial score (nSPS) is 23.8. The summed E-state index contributed by atoms with van der Waals surface area (Å²) in [5, 5.41) is 17.9. The molecule has 1 saturated heterocycles. The number of β-amino-alcohol motifs (C(OH)–C–C–N with tert-alkyl or cyclic N) is 1. The van der Waals surface area contributed by atoms with Gasteiger partial charge in [-0.1, -0.05) is 6.07 Å². The van der Waals surface area contributed by atoms with Crippen LogP contribution in [0.2, 0.25) is 0 Å². The second kappa shape index (κ2) is 4.35. The van der Waals surface area contributed by atoms with E-state index < -0.39 is 5.60 Å². The van der Waals surface area contributed by atoms with Crippen molar-refractivity contribution in [2.24, 2.45) is 0 Å². The zero-order chi connectivity index (χ0) is 13.5. The number of nitrogens with one attached hydrogen (secondary N) is 1. The Kier molecular flexibility index (Phi) is 2.78. The molecule has 5 nitrogen and oxygen atoms in total. The molecule has 2 N–H and O–H groups in total. The molecule has 1 aromatic heterocycles. The topological polar surface area (TPSA) is 69.2 Å². The molecule has 1 aliphatic heterocycles. The minimum absolute atomic E-state index is 0.0310. The molecular weight excluding hydrogens is 242 g/mol. The van der Waals surface area contributed by atoms with Crippen LogP contribution < -0.4 is 0 Å². The maximum Gasteiger partial charge on any atom is 0.254 e. The van der Waals surface area contributed by atoms with Crippen molar-refractivity contribution in [1.29, 1.82) is 0 Å². The van der Waals surface area contributed by atoms with Gasteiger partial charge >= 0.3 is 0 Å². The quantitative estimate of drug-likeness (QED) is 0.816. The number of hydrogen-bond acceptors (Lipinski definition) is 3. The molecular formula is C14H17N3O2. The summed E-state index contributed by atoms with van der Waals surface area (Å²) >= 11 is 0. The number of aromatic amines is 1. The van der Waals surface area contributed by atoms with E-state index in [-0.39, 0.29) is 5.91 Å². The first-order valence-corrected chi connectivity index (χ1v) is 6.50. The molecule has 0 bridgehead atoms. The largest absolute Gasteiger partial charge is 0.388 e. The molecule has 1 fully saturated rings. The van der Waals surface area contributed by atoms with Crippen molar-refractivity contribution < 1.29 is 9.90 Å². The summed E-state index contributed by atoms with van der Waals surface area (Å²) in [4.78, 5) is 14.2. The Morgan fingerprint density at radius 2 is 2.37 bits per heavy atom. The molecule has 0 aliphatic carbocycles. The van der Waals surface area contributed by atoms with Crippen LogP contribution in [0.3, 0.4) is 0 Å². The molecule has 1 atom stereocenters. The number of amides is 1. The van der Waals surface area contributed by atoms with E-state index in [0.717, 1.165) is 23.7 Å². The standard InChI is InChI=1S/C14H17N3O2/c1-14(19)5-2-6-17(9-14)13(18)10-3-4-11-8-15-16-12(11)7-10/h3-4,7-8,19H,2,5-6,9H2,1H3,(H,15,16). The fourth-order valence-electron chi connectivity index (χ4n) is 2.65. The van der Waals surface area contributed by atoms with Gasteiger partial charge in [0, 0.05) is 24.0 Å². The van der Waals surface area contributed by atoms with Crippen LogP contribution in [-0.4, -0.2) is 44.8 Å². The van der Waals surface area contributed by atoms with Crippen LogP contribution in [-0.2, 0) is 0 Å². The molecule has 1 aliphatic rings. The maximum atomic E-state index is 12.4. The molecule has 0 radical (unpaired) electrons. The Morgan fingerprint density at radius 3 is 3.16 bits per heavy atom. The monoisotopic (exact) mass is 259 g/mol. The number of aliphatic hydroxyl groups is 1. The molecule has 2 aromatic rings. The number of aromatic nitrogens is 2. The van der Waals surface area contributed by atoms with Crippen molar-refractivity contribution in [1.82, 2.24) is 15.1 Å². The van der Waals surface area contributed by atoms with Gasteiger partial charge < -0.3 is 10.0 Å². The van der Waals surface area contributed by atoms with Gasteiger partial charge in [0.15, 0.2) is 0 Å². The SMILES string of the molecule is CC1(O)CCCN(C(=O)c2ccc3cn[nH]c3c2)C1. The predicted octanol–water partition coefficient (Wildman–Crippen LogP) is 1.55. The van der Waals surface area contributed by atoms with Gasteiger partial charge in [-0.15, -0.1) is 0 Å². The number of nitrogens with zero attached hydrogens (tertiary/aromatic N) is 2. The highest BCUT2D eigenvalue weighted by molar-refractivity contribution is 5.97. The van der Waals surface area contributed by atoms with Crippen LogP contribution in [0.4, 0.5) is 0 Å². The fourth-order valence-corrected chi connectivity index (χ4v) is 2.65. The van der Waals surface area contributed by atoms with Gasteiger partial charge in [-0.05, 0) is 31.9 Å². The van der Waals surface area contributed by atoms with E-state index in [1.165, 1.54) is 0 Å². The third-order valence-electron chi connectivity index (χ3n) is 3.65.